The van der Waals surface area contributed by atoms with Crippen molar-refractivity contribution in [3.8, 4) is 16.3 Å². The molecule has 0 aliphatic rings. The first kappa shape index (κ1) is 19.5. The number of esters is 1. The summed E-state index contributed by atoms with van der Waals surface area (Å²) in [6.07, 6.45) is 0. The molecule has 0 atom stereocenters. The molecule has 0 aliphatic carbocycles. The van der Waals surface area contributed by atoms with Gasteiger partial charge in [0.15, 0.2) is 18.1 Å². The van der Waals surface area contributed by atoms with Gasteiger partial charge in [-0.05, 0) is 46.3 Å². The molecule has 0 radical (unpaired) electrons. The number of methoxy groups -OCH3 is 1. The molecule has 1 heterocycles. The fraction of sp³-hybridized carbons (Fsp3) is 0.105. The molecule has 0 saturated carbocycles. The van der Waals surface area contributed by atoms with Gasteiger partial charge in [0.1, 0.15) is 10.8 Å². The summed E-state index contributed by atoms with van der Waals surface area (Å²) in [6, 6.07) is 12.1. The Morgan fingerprint density at radius 1 is 1.22 bits per heavy atom. The minimum atomic E-state index is -0.652. The first-order valence-electron chi connectivity index (χ1n) is 7.73. The van der Waals surface area contributed by atoms with Gasteiger partial charge >= 0.3 is 5.97 Å². The Hall–Kier alpha value is -2.22. The van der Waals surface area contributed by atoms with Crippen molar-refractivity contribution in [3.05, 3.63) is 68.6 Å². The van der Waals surface area contributed by atoms with Crippen LogP contribution in [-0.2, 0) is 4.74 Å². The van der Waals surface area contributed by atoms with Crippen molar-refractivity contribution in [1.29, 1.82) is 0 Å². The van der Waals surface area contributed by atoms with Crippen LogP contribution >= 0.6 is 38.9 Å². The van der Waals surface area contributed by atoms with E-state index in [0.29, 0.717) is 25.8 Å². The van der Waals surface area contributed by atoms with Gasteiger partial charge in [-0.1, -0.05) is 23.7 Å². The Morgan fingerprint density at radius 3 is 2.74 bits per heavy atom. The minimum Gasteiger partial charge on any atom is -0.496 e. The van der Waals surface area contributed by atoms with Crippen LogP contribution < -0.4 is 4.74 Å². The molecule has 0 amide bonds. The molecule has 0 bridgehead atoms. The van der Waals surface area contributed by atoms with Crippen LogP contribution in [0, 0.1) is 0 Å². The monoisotopic (exact) mass is 465 g/mol. The van der Waals surface area contributed by atoms with Crippen LogP contribution in [0.2, 0.25) is 5.02 Å². The van der Waals surface area contributed by atoms with Crippen LogP contribution in [-0.4, -0.2) is 30.5 Å². The number of carbonyl (C=O) groups excluding carboxylic acids is 2. The molecule has 8 heteroatoms. The summed E-state index contributed by atoms with van der Waals surface area (Å²) in [6.45, 7) is -0.373. The van der Waals surface area contributed by atoms with Crippen LogP contribution in [0.4, 0.5) is 0 Å². The predicted molar refractivity (Wildman–Crippen MR) is 108 cm³/mol. The van der Waals surface area contributed by atoms with Crippen LogP contribution in [0.1, 0.15) is 20.8 Å². The topological polar surface area (TPSA) is 65.5 Å². The van der Waals surface area contributed by atoms with E-state index in [4.69, 9.17) is 21.1 Å². The normalized spacial score (nSPS) is 10.5. The Balaban J connectivity index is 1.64. The van der Waals surface area contributed by atoms with E-state index < -0.39 is 5.97 Å². The molecule has 138 valence electrons. The number of hydrogen-bond donors (Lipinski definition) is 0. The molecule has 3 rings (SSSR count). The van der Waals surface area contributed by atoms with Gasteiger partial charge in [-0.3, -0.25) is 4.79 Å². The number of aromatic nitrogens is 1. The summed E-state index contributed by atoms with van der Waals surface area (Å²) in [4.78, 5) is 28.7. The third-order valence-electron chi connectivity index (χ3n) is 3.59. The second-order valence-corrected chi connectivity index (χ2v) is 7.55. The zero-order chi connectivity index (χ0) is 19.4. The number of nitrogens with zero attached hydrogens (tertiary/aromatic N) is 1. The number of hydrogen-bond acceptors (Lipinski definition) is 6. The smallest absolute Gasteiger partial charge is 0.358 e. The molecule has 0 fully saturated rings. The summed E-state index contributed by atoms with van der Waals surface area (Å²) in [5.74, 6) is -0.364. The highest BCUT2D eigenvalue weighted by molar-refractivity contribution is 9.10. The van der Waals surface area contributed by atoms with Gasteiger partial charge < -0.3 is 9.47 Å². The van der Waals surface area contributed by atoms with Crippen molar-refractivity contribution in [3.63, 3.8) is 0 Å². The molecule has 0 aliphatic heterocycles. The summed E-state index contributed by atoms with van der Waals surface area (Å²) in [5, 5.41) is 2.82. The number of ketones is 1. The fourth-order valence-corrected chi connectivity index (χ4v) is 3.77. The van der Waals surface area contributed by atoms with Gasteiger partial charge in [0.05, 0.1) is 11.6 Å². The highest BCUT2D eigenvalue weighted by atomic mass is 79.9. The van der Waals surface area contributed by atoms with Gasteiger partial charge in [-0.2, -0.15) is 0 Å². The Labute approximate surface area is 173 Å². The van der Waals surface area contributed by atoms with Crippen LogP contribution in [0.15, 0.2) is 52.3 Å². The van der Waals surface area contributed by atoms with E-state index in [-0.39, 0.29) is 18.1 Å². The van der Waals surface area contributed by atoms with Crippen LogP contribution in [0.5, 0.6) is 5.75 Å². The average Bonchev–Trinajstić information content (AvgIpc) is 3.16. The van der Waals surface area contributed by atoms with Crippen LogP contribution in [0.25, 0.3) is 10.6 Å². The van der Waals surface area contributed by atoms with Crippen molar-refractivity contribution in [1.82, 2.24) is 4.98 Å². The largest absolute Gasteiger partial charge is 0.496 e. The second-order valence-electron chi connectivity index (χ2n) is 5.40. The summed E-state index contributed by atoms with van der Waals surface area (Å²) >= 11 is 10.6. The molecule has 2 aromatic carbocycles. The van der Waals surface area contributed by atoms with Gasteiger partial charge in [-0.25, -0.2) is 9.78 Å². The van der Waals surface area contributed by atoms with E-state index >= 15 is 0 Å². The van der Waals surface area contributed by atoms with E-state index in [1.54, 1.807) is 35.7 Å². The molecule has 3 aromatic rings. The zero-order valence-corrected chi connectivity index (χ0v) is 17.2. The first-order valence-corrected chi connectivity index (χ1v) is 9.78. The molecule has 0 unspecified atom stereocenters. The Morgan fingerprint density at radius 2 is 2.04 bits per heavy atom. The number of thiazole rings is 1. The molecule has 1 aromatic heterocycles. The lowest BCUT2D eigenvalue weighted by molar-refractivity contribution is 0.0470. The second kappa shape index (κ2) is 8.65. The summed E-state index contributed by atoms with van der Waals surface area (Å²) in [5.41, 5.74) is 1.37. The number of ether oxygens (including phenoxy) is 2. The van der Waals surface area contributed by atoms with Gasteiger partial charge in [0, 0.05) is 21.5 Å². The van der Waals surface area contributed by atoms with Crippen molar-refractivity contribution in [2.45, 2.75) is 0 Å². The average molecular weight is 467 g/mol. The van der Waals surface area contributed by atoms with E-state index in [2.05, 4.69) is 20.9 Å². The lowest BCUT2D eigenvalue weighted by atomic mass is 10.1. The molecular formula is C19H13BrClNO4S. The van der Waals surface area contributed by atoms with Crippen molar-refractivity contribution < 1.29 is 19.1 Å². The number of Topliss-reactive ketones (excluding diaryl/α,β-unsaturated/α-hetero) is 1. The first-order chi connectivity index (χ1) is 13.0. The van der Waals surface area contributed by atoms with Crippen molar-refractivity contribution in [2.75, 3.05) is 13.7 Å². The third kappa shape index (κ3) is 4.74. The molecule has 5 nitrogen and oxygen atoms in total. The maximum atomic E-state index is 12.2. The van der Waals surface area contributed by atoms with Crippen molar-refractivity contribution >= 4 is 50.6 Å². The lowest BCUT2D eigenvalue weighted by Crippen LogP contribution is -2.14. The number of halogens is 2. The molecule has 27 heavy (non-hydrogen) atoms. The highest BCUT2D eigenvalue weighted by Crippen LogP contribution is 2.27. The summed E-state index contributed by atoms with van der Waals surface area (Å²) in [7, 11) is 1.54. The third-order valence-corrected chi connectivity index (χ3v) is 5.34. The van der Waals surface area contributed by atoms with Gasteiger partial charge in [0.25, 0.3) is 0 Å². The zero-order valence-electron chi connectivity index (χ0n) is 14.1. The van der Waals surface area contributed by atoms with Gasteiger partial charge in [-0.15, -0.1) is 11.3 Å². The van der Waals surface area contributed by atoms with Crippen LogP contribution in [0.3, 0.4) is 0 Å². The Kier molecular flexibility index (Phi) is 6.26. The fourth-order valence-electron chi connectivity index (χ4n) is 2.25. The molecule has 0 spiro atoms. The maximum Gasteiger partial charge on any atom is 0.358 e. The van der Waals surface area contributed by atoms with Crippen molar-refractivity contribution in [2.24, 2.45) is 0 Å². The minimum absolute atomic E-state index is 0.152. The summed E-state index contributed by atoms with van der Waals surface area (Å²) < 4.78 is 10.9. The quantitative estimate of drug-likeness (QED) is 0.365. The maximum absolute atomic E-state index is 12.2. The standard InChI is InChI=1S/C19H13BrClNO4S/c1-25-17-6-5-11(8-14(17)20)16(23)9-26-19(24)15-10-27-18(22-15)12-3-2-4-13(21)7-12/h2-8,10H,9H2,1H3. The molecular weight excluding hydrogens is 454 g/mol. The molecule has 0 N–H and O–H groups in total. The van der Waals surface area contributed by atoms with E-state index in [9.17, 15) is 9.59 Å². The highest BCUT2D eigenvalue weighted by Gasteiger charge is 2.16. The Bertz CT molecular complexity index is 1000. The lowest BCUT2D eigenvalue weighted by Gasteiger charge is -2.06. The van der Waals surface area contributed by atoms with E-state index in [1.807, 2.05) is 12.1 Å². The number of carbonyl (C=O) groups is 2. The predicted octanol–water partition coefficient (Wildman–Crippen LogP) is 5.27. The molecule has 0 saturated heterocycles. The SMILES string of the molecule is COc1ccc(C(=O)COC(=O)c2csc(-c3cccc(Cl)c3)n2)cc1Br. The van der Waals surface area contributed by atoms with E-state index in [1.165, 1.54) is 18.4 Å². The van der Waals surface area contributed by atoms with Gasteiger partial charge in [0.2, 0.25) is 0 Å². The van der Waals surface area contributed by atoms with E-state index in [0.717, 1.165) is 5.56 Å². The number of benzene rings is 2. The number of rotatable bonds is 6.